The molecule has 2 nitrogen and oxygen atoms in total. The molecule has 0 amide bonds. The first-order valence-electron chi connectivity index (χ1n) is 0.723. The van der Waals surface area contributed by atoms with Crippen molar-refractivity contribution >= 4 is 33.0 Å². The molecule has 0 unspecified atom stereocenters. The second kappa shape index (κ2) is 84.4. The third-order valence-corrected chi connectivity index (χ3v) is 0. The zero-order chi connectivity index (χ0) is 6.71. The van der Waals surface area contributed by atoms with Crippen LogP contribution in [0.4, 0.5) is 0 Å². The number of carbonyl (C=O) groups excluding carboxylic acids is 2. The van der Waals surface area contributed by atoms with Crippen molar-refractivity contribution in [1.29, 1.82) is 0 Å². The van der Waals surface area contributed by atoms with E-state index in [4.69, 9.17) is 29.0 Å². The minimum atomic E-state index is -0.226. The van der Waals surface area contributed by atoms with Gasteiger partial charge < -0.3 is 9.59 Å². The van der Waals surface area contributed by atoms with Gasteiger partial charge >= 0.3 is 34.5 Å². The van der Waals surface area contributed by atoms with Gasteiger partial charge in [-0.25, -0.2) is 0 Å². The van der Waals surface area contributed by atoms with Crippen molar-refractivity contribution < 1.29 is 24.7 Å². The van der Waals surface area contributed by atoms with Gasteiger partial charge in [0.2, 0.25) is 0 Å². The molecule has 0 spiro atoms. The maximum atomic E-state index is 7.75. The average Bonchev–Trinajstić information content (AvgIpc) is 1.78. The summed E-state index contributed by atoms with van der Waals surface area (Å²) in [4.78, 5) is 15.5. The van der Waals surface area contributed by atoms with Crippen LogP contribution in [0.2, 0.25) is 0 Å². The van der Waals surface area contributed by atoms with Gasteiger partial charge in [0.05, 0.1) is 0 Å². The van der Waals surface area contributed by atoms with Crippen LogP contribution in [0.3, 0.4) is 0 Å². The van der Waals surface area contributed by atoms with E-state index in [1.807, 2.05) is 0 Å². The van der Waals surface area contributed by atoms with Crippen LogP contribution < -0.4 is 0 Å². The molecule has 0 rings (SSSR count). The molecule has 7 heavy (non-hydrogen) atoms. The van der Waals surface area contributed by atoms with Crippen LogP contribution in [-0.4, -0.2) is 13.6 Å². The van der Waals surface area contributed by atoms with Gasteiger partial charge in [0.25, 0.3) is 0 Å². The summed E-state index contributed by atoms with van der Waals surface area (Å²) in [7, 11) is 9.67. The van der Waals surface area contributed by atoms with Crippen molar-refractivity contribution in [2.24, 2.45) is 0 Å². The van der Waals surface area contributed by atoms with Crippen molar-refractivity contribution in [1.82, 2.24) is 0 Å². The SMILES string of the molecule is [CH-]=O.[CH-]=O.[Cl][Rh][Cl]. The Morgan fingerprint density at radius 2 is 1.00 bits per heavy atom. The van der Waals surface area contributed by atoms with Crippen molar-refractivity contribution in [3.63, 3.8) is 0 Å². The molecule has 0 fully saturated rings. The minimum absolute atomic E-state index is 0.226. The second-order valence-electron chi connectivity index (χ2n) is 0.0476. The fourth-order valence-electron chi connectivity index (χ4n) is 0. The van der Waals surface area contributed by atoms with Crippen molar-refractivity contribution in [3.05, 3.63) is 0 Å². The molecule has 0 aliphatic rings. The maximum absolute atomic E-state index is 7.75. The third kappa shape index (κ3) is 457. The summed E-state index contributed by atoms with van der Waals surface area (Å²) in [5, 5.41) is 0. The molecule has 0 radical (unpaired) electrons. The molecule has 0 bridgehead atoms. The van der Waals surface area contributed by atoms with Crippen molar-refractivity contribution in [3.8, 4) is 0 Å². The Balaban J connectivity index is -0.0000000360. The third-order valence-electron chi connectivity index (χ3n) is 0. The number of hydrogen-bond acceptors (Lipinski definition) is 2. The van der Waals surface area contributed by atoms with Crippen molar-refractivity contribution in [2.75, 3.05) is 0 Å². The molecule has 0 aromatic carbocycles. The Kier molecular flexibility index (Phi) is 189. The van der Waals surface area contributed by atoms with Gasteiger partial charge in [0, 0.05) is 0 Å². The van der Waals surface area contributed by atoms with Crippen LogP contribution in [0.25, 0.3) is 0 Å². The monoisotopic (exact) mass is 231 g/mol. The normalized spacial score (nSPS) is 4.29. The fraction of sp³-hybridized carbons (Fsp3) is 0. The van der Waals surface area contributed by atoms with Gasteiger partial charge in [-0.05, 0) is 0 Å². The molecular weight excluding hydrogens is 230 g/mol. The van der Waals surface area contributed by atoms with E-state index in [1.165, 1.54) is 0 Å². The van der Waals surface area contributed by atoms with E-state index in [-0.39, 0.29) is 15.1 Å². The summed E-state index contributed by atoms with van der Waals surface area (Å²) in [6.07, 6.45) is 0. The molecule has 0 aliphatic carbocycles. The van der Waals surface area contributed by atoms with Crippen LogP contribution in [-0.2, 0) is 24.7 Å². The first-order chi connectivity index (χ1) is 3.41. The fourth-order valence-corrected chi connectivity index (χ4v) is 0. The molecule has 0 saturated carbocycles. The van der Waals surface area contributed by atoms with Crippen LogP contribution in [0.15, 0.2) is 0 Å². The Morgan fingerprint density at radius 3 is 1.00 bits per heavy atom. The first-order valence-corrected chi connectivity index (χ1v) is 4.94. The number of hydrogen-bond donors (Lipinski definition) is 0. The summed E-state index contributed by atoms with van der Waals surface area (Å²) >= 11 is -0.226. The first kappa shape index (κ1) is 15.6. The quantitative estimate of drug-likeness (QED) is 0.352. The Labute approximate surface area is 57.9 Å². The summed E-state index contributed by atoms with van der Waals surface area (Å²) in [6.45, 7) is 6.50. The van der Waals surface area contributed by atoms with Gasteiger partial charge in [0.15, 0.2) is 0 Å². The van der Waals surface area contributed by atoms with E-state index in [9.17, 15) is 0 Å². The molecular formula is C2H2Cl2O2Rh-2. The zero-order valence-electron chi connectivity index (χ0n) is 3.06. The van der Waals surface area contributed by atoms with Gasteiger partial charge in [-0.3, -0.25) is 13.6 Å². The summed E-state index contributed by atoms with van der Waals surface area (Å²) in [5.41, 5.74) is 0. The van der Waals surface area contributed by atoms with E-state index >= 15 is 0 Å². The van der Waals surface area contributed by atoms with Gasteiger partial charge in [-0.1, -0.05) is 0 Å². The van der Waals surface area contributed by atoms with Crippen LogP contribution in [0.1, 0.15) is 0 Å². The van der Waals surface area contributed by atoms with E-state index in [2.05, 4.69) is 13.6 Å². The van der Waals surface area contributed by atoms with Gasteiger partial charge in [0.1, 0.15) is 0 Å². The van der Waals surface area contributed by atoms with Crippen LogP contribution in [0.5, 0.6) is 0 Å². The Morgan fingerprint density at radius 1 is 1.00 bits per heavy atom. The van der Waals surface area contributed by atoms with Crippen molar-refractivity contribution in [2.45, 2.75) is 0 Å². The summed E-state index contributed by atoms with van der Waals surface area (Å²) in [6, 6.07) is 0. The molecule has 47 valence electrons. The van der Waals surface area contributed by atoms with Crippen LogP contribution in [0, 0.1) is 0 Å². The van der Waals surface area contributed by atoms with E-state index < -0.39 is 0 Å². The zero-order valence-corrected chi connectivity index (χ0v) is 6.21. The van der Waals surface area contributed by atoms with Gasteiger partial charge in [-0.2, -0.15) is 0 Å². The molecule has 0 heterocycles. The topological polar surface area (TPSA) is 34.1 Å². The molecule has 0 saturated heterocycles. The van der Waals surface area contributed by atoms with Crippen LogP contribution >= 0.6 is 19.4 Å². The Bertz CT molecular complexity index is 21.2. The summed E-state index contributed by atoms with van der Waals surface area (Å²) in [5.74, 6) is 0. The number of halogens is 2. The molecule has 0 aliphatic heterocycles. The second-order valence-corrected chi connectivity index (χ2v) is 2.54. The molecule has 5 heteroatoms. The standard InChI is InChI=1S/2CHO.2ClH.Rh/c2*1-2;;;/h2*1H;2*1H;/q2*-1;;;+2/p-2. The molecule has 0 atom stereocenters. The van der Waals surface area contributed by atoms with Gasteiger partial charge in [-0.15, -0.1) is 0 Å². The average molecular weight is 232 g/mol. The molecule has 0 N–H and O–H groups in total. The van der Waals surface area contributed by atoms with E-state index in [0.717, 1.165) is 0 Å². The predicted octanol–water partition coefficient (Wildman–Crippen LogP) is 0.828. The number of rotatable bonds is 0. The summed E-state index contributed by atoms with van der Waals surface area (Å²) < 4.78 is 0. The molecule has 0 aromatic heterocycles. The Hall–Kier alpha value is 0.543. The molecule has 0 aromatic rings. The van der Waals surface area contributed by atoms with E-state index in [1.54, 1.807) is 0 Å². The van der Waals surface area contributed by atoms with E-state index in [0.29, 0.717) is 0 Å². The predicted molar refractivity (Wildman–Crippen MR) is 25.2 cm³/mol.